The summed E-state index contributed by atoms with van der Waals surface area (Å²) in [4.78, 5) is 246. The maximum Gasteiger partial charge on any atom is 0.305 e. The van der Waals surface area contributed by atoms with Gasteiger partial charge in [-0.2, -0.15) is 0 Å². The van der Waals surface area contributed by atoms with E-state index in [2.05, 4.69) is 63.5 Å². The lowest BCUT2D eigenvalue weighted by Crippen LogP contribution is -2.72. The van der Waals surface area contributed by atoms with Gasteiger partial charge in [0.1, 0.15) is 89.8 Å². The Morgan fingerprint density at radius 3 is 1.71 bits per heavy atom. The van der Waals surface area contributed by atoms with Crippen LogP contribution in [0.25, 0.3) is 10.9 Å². The van der Waals surface area contributed by atoms with Gasteiger partial charge in [-0.3, -0.25) is 82.0 Å². The molecule has 9 rings (SSSR count). The Morgan fingerprint density at radius 2 is 1.11 bits per heavy atom. The summed E-state index contributed by atoms with van der Waals surface area (Å²) in [5.41, 5.74) is 12.2. The Morgan fingerprint density at radius 1 is 0.556 bits per heavy atom. The zero-order chi connectivity index (χ0) is 96.9. The minimum Gasteiger partial charge on any atom is -0.508 e. The third kappa shape index (κ3) is 29.5. The molecule has 3 aliphatic rings. The number of phenolic OH excluding ortho intramolecular Hbond substituents is 2. The molecule has 15 amide bonds. The number of thioether (sulfide) groups is 1. The number of aromatic amines is 1. The monoisotopic (exact) mass is 1860 g/mol. The summed E-state index contributed by atoms with van der Waals surface area (Å²) in [5, 5.41) is 62.1. The number of likely N-dealkylation sites (N-methyl/N-ethyl adjacent to an activating group) is 3. The van der Waals surface area contributed by atoms with Crippen LogP contribution in [0, 0.1) is 17.7 Å². The molecular formula is C94H125FN18O19S. The zero-order valence-electron chi connectivity index (χ0n) is 76.2. The molecule has 0 aliphatic carbocycles. The molecule has 1 unspecified atom stereocenters. The zero-order valence-corrected chi connectivity index (χ0v) is 77.0. The number of nitrogens with zero attached hydrogens (tertiary/aromatic N) is 4. The molecule has 3 aliphatic heterocycles. The summed E-state index contributed by atoms with van der Waals surface area (Å²) < 4.78 is 14.6. The van der Waals surface area contributed by atoms with Crippen molar-refractivity contribution >= 4 is 117 Å². The van der Waals surface area contributed by atoms with Gasteiger partial charge < -0.3 is 105 Å². The van der Waals surface area contributed by atoms with Gasteiger partial charge >= 0.3 is 5.97 Å². The lowest BCUT2D eigenvalue weighted by Gasteiger charge is -2.39. The lowest BCUT2D eigenvalue weighted by molar-refractivity contribution is -0.152. The normalized spacial score (nSPS) is 24.3. The number of carboxylic acid groups (broad SMARTS) is 1. The first-order valence-corrected chi connectivity index (χ1v) is 46.1. The number of rotatable bonds is 24. The number of carbonyl (C=O) groups excluding carboxylic acids is 15. The molecule has 13 atom stereocenters. The average Bonchev–Trinajstić information content (AvgIpc) is 1.07. The van der Waals surface area contributed by atoms with Crippen LogP contribution in [0.4, 0.5) is 4.39 Å². The van der Waals surface area contributed by atoms with Gasteiger partial charge in [-0.25, -0.2) is 4.39 Å². The highest BCUT2D eigenvalue weighted by Crippen LogP contribution is 2.28. The number of aliphatic carboxylic acids is 1. The van der Waals surface area contributed by atoms with Gasteiger partial charge in [-0.05, 0) is 153 Å². The lowest BCUT2D eigenvalue weighted by atomic mass is 9.94. The number of fused-ring (bicyclic) bond motifs is 2. The number of phenols is 2. The first kappa shape index (κ1) is 104. The molecule has 4 heterocycles. The molecule has 0 saturated carbocycles. The Balaban J connectivity index is 1.14. The molecule has 39 heteroatoms. The molecule has 0 radical (unpaired) electrons. The first-order chi connectivity index (χ1) is 63.4. The number of nitrogens with one attached hydrogen (secondary N) is 12. The maximum absolute atomic E-state index is 15.8. The fourth-order valence-electron chi connectivity index (χ4n) is 16.5. The second-order valence-corrected chi connectivity index (χ2v) is 35.9. The van der Waals surface area contributed by atoms with Crippen molar-refractivity contribution in [1.29, 1.82) is 0 Å². The molecular weight excluding hydrogens is 1740 g/mol. The second kappa shape index (κ2) is 49.4. The molecule has 718 valence electrons. The summed E-state index contributed by atoms with van der Waals surface area (Å²) in [7, 11) is 4.00. The number of piperidine rings is 1. The number of primary amides is 1. The average molecular weight is 1860 g/mol. The number of benzene rings is 5. The van der Waals surface area contributed by atoms with Crippen molar-refractivity contribution in [3.05, 3.63) is 167 Å². The van der Waals surface area contributed by atoms with E-state index < -0.39 is 209 Å². The van der Waals surface area contributed by atoms with Crippen molar-refractivity contribution in [3.63, 3.8) is 0 Å². The third-order valence-electron chi connectivity index (χ3n) is 24.0. The van der Waals surface area contributed by atoms with Crippen LogP contribution < -0.4 is 70.0 Å². The number of carboxylic acids is 1. The van der Waals surface area contributed by atoms with Gasteiger partial charge in [0.25, 0.3) is 5.91 Å². The summed E-state index contributed by atoms with van der Waals surface area (Å²) in [6, 6.07) is 13.4. The number of nitrogens with two attached hydrogens (primary N) is 2. The van der Waals surface area contributed by atoms with E-state index in [9.17, 15) is 48.5 Å². The Labute approximate surface area is 775 Å². The van der Waals surface area contributed by atoms with E-state index in [0.717, 1.165) is 33.7 Å². The number of halogens is 1. The van der Waals surface area contributed by atoms with E-state index in [0.29, 0.717) is 64.4 Å². The highest BCUT2D eigenvalue weighted by Gasteiger charge is 2.48. The number of aromatic nitrogens is 1. The van der Waals surface area contributed by atoms with Crippen LogP contribution in [-0.2, 0) is 109 Å². The first-order valence-electron chi connectivity index (χ1n) is 44.9. The predicted octanol–water partition coefficient (Wildman–Crippen LogP) is 1.62. The SMILES string of the molecule is CCCC[C@H]1C(=O)N2CCC[C@@H]2C(=O)N[C@@H](CC(=O)O)C(=O)N[C@@H](C(C)C)C(=O)N(C)[C@@H](CC(C)C)C(=O)N[C@@H](Cc2ccc(O)cc2)C(=O)NC2(CCCCN2)C(=O)N[C@@H](Cc2c[nH]c3ccccc23)C(=O)N[C@@H](Cc2ccc(O)cc2)C(=O)N[C@@H](CCCN)C(=O)N[C@H](C(=O)NCC(N)=O)CSCC(=O)N[C@@H](Cc2ccc(F)cc2)C(=O)N(C)[C@@H](Cc2ccccc2)C(=O)N1C. The van der Waals surface area contributed by atoms with Gasteiger partial charge in [0.2, 0.25) is 82.7 Å². The molecule has 0 bridgehead atoms. The molecule has 1 aromatic heterocycles. The number of aromatic hydroxyl groups is 2. The van der Waals surface area contributed by atoms with Crippen LogP contribution in [0.1, 0.15) is 139 Å². The minimum absolute atomic E-state index is 0.00593. The standard InChI is InChI=1S/C94H125FN18O19S/c1-9-10-25-74-91(130)113-42-19-26-73(113)87(126)105-70(49-79(118)119)85(124)108-80(55(4)5)92(131)111(7)75(43-54(2)3)88(127)104-68(45-59-31-37-63(115)38-32-59)86(125)109-94(39-16-17-41-100-94)93(132)107-69(48-60-50-98-65-23-15-14-22-64(60)65)84(123)103-67(44-58-29-35-62(114)36-30-58)83(122)102-66(24-18-40-96)82(121)106-72(81(120)99-51-77(97)116)52-133-53-78(117)101-71(46-57-27-33-61(95)34-28-57)89(128)112(8)76(90(129)110(74)6)47-56-20-12-11-13-21-56/h11-15,20-23,27-38,50,54-55,66-76,80,98,100,114-115H,9-10,16-19,24-26,39-49,51-53,96H2,1-8H3,(H2,97,116)(H,99,120)(H,101,117)(H,102,122)(H,103,123)(H,104,127)(H,105,126)(H,106,121)(H,107,132)(H,108,124)(H,109,125)(H,118,119)/t66-,67-,68-,69-,70-,71-,72-,73+,74-,75-,76-,80-,94?/m0/s1. The van der Waals surface area contributed by atoms with E-state index in [1.165, 1.54) is 91.6 Å². The number of H-pyrrole nitrogens is 1. The highest BCUT2D eigenvalue weighted by atomic mass is 32.2. The molecule has 19 N–H and O–H groups in total. The quantitative estimate of drug-likeness (QED) is 0.0409. The Bertz CT molecular complexity index is 5080. The van der Waals surface area contributed by atoms with Crippen LogP contribution in [0.15, 0.2) is 134 Å². The fourth-order valence-corrected chi connectivity index (χ4v) is 17.4. The van der Waals surface area contributed by atoms with E-state index in [-0.39, 0.29) is 114 Å². The number of carbonyl (C=O) groups is 16. The number of hydrogen-bond acceptors (Lipinski definition) is 21. The molecule has 37 nitrogen and oxygen atoms in total. The van der Waals surface area contributed by atoms with Crippen LogP contribution in [0.3, 0.4) is 0 Å². The molecule has 6 aromatic rings. The Hall–Kier alpha value is -13.0. The topological polar surface area (TPSA) is 547 Å². The van der Waals surface area contributed by atoms with E-state index in [1.807, 2.05) is 6.92 Å². The van der Waals surface area contributed by atoms with Crippen molar-refractivity contribution < 1.29 is 96.4 Å². The van der Waals surface area contributed by atoms with Crippen molar-refractivity contribution in [1.82, 2.24) is 83.1 Å². The Kier molecular flexibility index (Phi) is 38.5. The van der Waals surface area contributed by atoms with Crippen molar-refractivity contribution in [2.45, 2.75) is 222 Å². The summed E-state index contributed by atoms with van der Waals surface area (Å²) >= 11 is 0.775. The van der Waals surface area contributed by atoms with E-state index in [1.54, 1.807) is 88.5 Å². The van der Waals surface area contributed by atoms with E-state index in [4.69, 9.17) is 11.5 Å². The van der Waals surface area contributed by atoms with Crippen LogP contribution in [0.5, 0.6) is 11.5 Å². The number of para-hydroxylation sites is 1. The molecule has 1 spiro atoms. The summed E-state index contributed by atoms with van der Waals surface area (Å²) in [6.07, 6.45) is 0.808. The van der Waals surface area contributed by atoms with Crippen LogP contribution in [0.2, 0.25) is 0 Å². The summed E-state index contributed by atoms with van der Waals surface area (Å²) in [5.74, 6) is -18.5. The second-order valence-electron chi connectivity index (χ2n) is 34.9. The van der Waals surface area contributed by atoms with E-state index >= 15 is 47.9 Å². The minimum atomic E-state index is -2.08. The molecule has 3 saturated heterocycles. The van der Waals surface area contributed by atoms with Crippen molar-refractivity contribution in [3.8, 4) is 11.5 Å². The number of amides is 15. The van der Waals surface area contributed by atoms with Gasteiger partial charge in [0.05, 0.1) is 18.7 Å². The maximum atomic E-state index is 15.8. The number of unbranched alkanes of at least 4 members (excludes halogenated alkanes) is 1. The summed E-state index contributed by atoms with van der Waals surface area (Å²) in [6.45, 7) is 7.85. The van der Waals surface area contributed by atoms with Crippen LogP contribution >= 0.6 is 11.8 Å². The van der Waals surface area contributed by atoms with Crippen molar-refractivity contribution in [2.24, 2.45) is 23.3 Å². The van der Waals surface area contributed by atoms with Crippen molar-refractivity contribution in [2.75, 3.05) is 58.8 Å². The van der Waals surface area contributed by atoms with Crippen LogP contribution in [-0.4, -0.2) is 271 Å². The smallest absolute Gasteiger partial charge is 0.305 e. The van der Waals surface area contributed by atoms with Gasteiger partial charge in [0, 0.05) is 82.6 Å². The molecule has 3 fully saturated rings. The predicted molar refractivity (Wildman–Crippen MR) is 492 cm³/mol. The van der Waals surface area contributed by atoms with Gasteiger partial charge in [-0.15, -0.1) is 11.8 Å². The third-order valence-corrected chi connectivity index (χ3v) is 25.0. The number of hydrogen-bond donors (Lipinski definition) is 17. The molecule has 5 aromatic carbocycles. The van der Waals surface area contributed by atoms with Gasteiger partial charge in [-0.1, -0.05) is 132 Å². The fraction of sp³-hybridized carbons (Fsp3) is 0.489. The van der Waals surface area contributed by atoms with Gasteiger partial charge in [0.15, 0.2) is 5.66 Å². The molecule has 133 heavy (non-hydrogen) atoms. The highest BCUT2D eigenvalue weighted by molar-refractivity contribution is 8.00. The largest absolute Gasteiger partial charge is 0.508 e.